The zero-order valence-corrected chi connectivity index (χ0v) is 10.3. The summed E-state index contributed by atoms with van der Waals surface area (Å²) < 4.78 is 0. The summed E-state index contributed by atoms with van der Waals surface area (Å²) in [5.74, 6) is -1.82. The van der Waals surface area contributed by atoms with Crippen molar-refractivity contribution < 1.29 is 19.5 Å². The number of hydrogen-bond acceptors (Lipinski definition) is 3. The maximum atomic E-state index is 12.1. The second-order valence-corrected chi connectivity index (χ2v) is 5.15. The molecule has 0 spiro atoms. The van der Waals surface area contributed by atoms with Gasteiger partial charge < -0.3 is 5.11 Å². The smallest absolute Gasteiger partial charge is 0.303 e. The van der Waals surface area contributed by atoms with Gasteiger partial charge in [-0.05, 0) is 18.8 Å². The van der Waals surface area contributed by atoms with Crippen LogP contribution in [-0.4, -0.2) is 34.3 Å². The summed E-state index contributed by atoms with van der Waals surface area (Å²) in [4.78, 5) is 36.0. The summed E-state index contributed by atoms with van der Waals surface area (Å²) in [6.45, 7) is 1.96. The zero-order chi connectivity index (χ0) is 13.3. The number of carbonyl (C=O) groups is 3. The summed E-state index contributed by atoms with van der Waals surface area (Å²) in [7, 11) is 0. The summed E-state index contributed by atoms with van der Waals surface area (Å²) in [5, 5.41) is 8.70. The summed E-state index contributed by atoms with van der Waals surface area (Å²) >= 11 is 0. The number of carbonyl (C=O) groups excluding carboxylic acids is 2. The van der Waals surface area contributed by atoms with E-state index in [9.17, 15) is 14.4 Å². The summed E-state index contributed by atoms with van der Waals surface area (Å²) in [5.41, 5.74) is 0. The van der Waals surface area contributed by atoms with Crippen molar-refractivity contribution in [1.82, 2.24) is 4.90 Å². The minimum absolute atomic E-state index is 0.0232. The Hall–Kier alpha value is -1.65. The van der Waals surface area contributed by atoms with E-state index in [4.69, 9.17) is 5.11 Å². The second kappa shape index (κ2) is 4.92. The van der Waals surface area contributed by atoms with Crippen LogP contribution >= 0.6 is 0 Å². The van der Waals surface area contributed by atoms with Crippen LogP contribution in [-0.2, 0) is 14.4 Å². The number of amides is 2. The molecule has 1 N–H and O–H groups in total. The number of carboxylic acid groups (broad SMARTS) is 1. The highest BCUT2D eigenvalue weighted by molar-refractivity contribution is 6.05. The number of imide groups is 1. The predicted octanol–water partition coefficient (Wildman–Crippen LogP) is 1.05. The van der Waals surface area contributed by atoms with Gasteiger partial charge in [-0.25, -0.2) is 0 Å². The number of hydrogen-bond donors (Lipinski definition) is 1. The molecule has 3 atom stereocenters. The van der Waals surface area contributed by atoms with E-state index in [1.807, 2.05) is 12.2 Å². The molecule has 18 heavy (non-hydrogen) atoms. The first kappa shape index (κ1) is 12.8. The third-order valence-electron chi connectivity index (χ3n) is 3.62. The average Bonchev–Trinajstić information content (AvgIpc) is 2.54. The van der Waals surface area contributed by atoms with Gasteiger partial charge >= 0.3 is 5.97 Å². The second-order valence-electron chi connectivity index (χ2n) is 5.15. The van der Waals surface area contributed by atoms with Crippen LogP contribution in [0.3, 0.4) is 0 Å². The summed E-state index contributed by atoms with van der Waals surface area (Å²) in [6.07, 6.45) is 5.11. The van der Waals surface area contributed by atoms with Crippen LogP contribution in [0.2, 0.25) is 0 Å². The molecule has 1 fully saturated rings. The van der Waals surface area contributed by atoms with Crippen LogP contribution in [0.4, 0.5) is 0 Å². The molecule has 0 aromatic rings. The van der Waals surface area contributed by atoms with Crippen molar-refractivity contribution in [3.8, 4) is 0 Å². The number of allylic oxidation sites excluding steroid dienone is 2. The Kier molecular flexibility index (Phi) is 3.50. The fourth-order valence-corrected chi connectivity index (χ4v) is 2.72. The highest BCUT2D eigenvalue weighted by Gasteiger charge is 2.47. The number of aliphatic carboxylic acids is 1. The molecule has 0 saturated carbocycles. The molecule has 0 aromatic carbocycles. The first-order valence-electron chi connectivity index (χ1n) is 6.22. The monoisotopic (exact) mass is 251 g/mol. The molecule has 0 radical (unpaired) electrons. The normalized spacial score (nSPS) is 28.4. The van der Waals surface area contributed by atoms with Gasteiger partial charge in [0, 0.05) is 13.0 Å². The number of fused-ring (bicyclic) bond motifs is 1. The molecule has 1 aliphatic heterocycles. The van der Waals surface area contributed by atoms with Crippen LogP contribution in [0.5, 0.6) is 0 Å². The lowest BCUT2D eigenvalue weighted by Crippen LogP contribution is -2.35. The first-order valence-corrected chi connectivity index (χ1v) is 6.22. The van der Waals surface area contributed by atoms with Gasteiger partial charge in [-0.1, -0.05) is 19.1 Å². The molecular formula is C13H17NO4. The van der Waals surface area contributed by atoms with E-state index < -0.39 is 5.97 Å². The largest absolute Gasteiger partial charge is 0.481 e. The predicted molar refractivity (Wildman–Crippen MR) is 63.5 cm³/mol. The van der Waals surface area contributed by atoms with Crippen LogP contribution in [0.15, 0.2) is 12.2 Å². The van der Waals surface area contributed by atoms with E-state index in [1.54, 1.807) is 6.92 Å². The summed E-state index contributed by atoms with van der Waals surface area (Å²) in [6, 6.07) is 0. The minimum atomic E-state index is -0.902. The van der Waals surface area contributed by atoms with Crippen molar-refractivity contribution >= 4 is 17.8 Å². The zero-order valence-electron chi connectivity index (χ0n) is 10.3. The molecule has 5 heteroatoms. The maximum absolute atomic E-state index is 12.1. The molecule has 5 nitrogen and oxygen atoms in total. The Morgan fingerprint density at radius 2 is 1.83 bits per heavy atom. The quantitative estimate of drug-likeness (QED) is 0.598. The van der Waals surface area contributed by atoms with Crippen LogP contribution in [0.1, 0.15) is 26.2 Å². The van der Waals surface area contributed by atoms with E-state index >= 15 is 0 Å². The average molecular weight is 251 g/mol. The van der Waals surface area contributed by atoms with Gasteiger partial charge in [-0.3, -0.25) is 19.3 Å². The molecule has 1 heterocycles. The number of nitrogens with zero attached hydrogens (tertiary/aromatic N) is 1. The topological polar surface area (TPSA) is 74.7 Å². The first-order chi connectivity index (χ1) is 8.50. The number of carboxylic acids is 1. The lowest BCUT2D eigenvalue weighted by Gasteiger charge is -2.18. The van der Waals surface area contributed by atoms with E-state index in [1.165, 1.54) is 4.90 Å². The van der Waals surface area contributed by atoms with Crippen molar-refractivity contribution in [3.63, 3.8) is 0 Å². The van der Waals surface area contributed by atoms with Crippen LogP contribution < -0.4 is 0 Å². The molecule has 2 amide bonds. The standard InChI is InChI=1S/C13H17NO4/c1-8(6-11(15)16)7-14-12(17)9-4-2-3-5-10(9)13(14)18/h2-3,8-10H,4-7H2,1H3,(H,15,16)/t8?,9-,10+. The molecule has 0 aromatic heterocycles. The van der Waals surface area contributed by atoms with E-state index in [-0.39, 0.29) is 42.5 Å². The van der Waals surface area contributed by atoms with Crippen molar-refractivity contribution in [2.24, 2.45) is 17.8 Å². The Balaban J connectivity index is 2.04. The highest BCUT2D eigenvalue weighted by Crippen LogP contribution is 2.35. The van der Waals surface area contributed by atoms with Crippen LogP contribution in [0.25, 0.3) is 0 Å². The molecule has 1 unspecified atom stereocenters. The highest BCUT2D eigenvalue weighted by atomic mass is 16.4. The van der Waals surface area contributed by atoms with Gasteiger partial charge in [0.1, 0.15) is 0 Å². The van der Waals surface area contributed by atoms with E-state index in [2.05, 4.69) is 0 Å². The molecule has 0 bridgehead atoms. The van der Waals surface area contributed by atoms with Gasteiger partial charge in [0.2, 0.25) is 11.8 Å². The Labute approximate surface area is 105 Å². The van der Waals surface area contributed by atoms with Gasteiger partial charge in [-0.2, -0.15) is 0 Å². The molecule has 1 aliphatic carbocycles. The van der Waals surface area contributed by atoms with Gasteiger partial charge in [0.25, 0.3) is 0 Å². The molecule has 2 aliphatic rings. The Morgan fingerprint density at radius 3 is 2.28 bits per heavy atom. The lowest BCUT2D eigenvalue weighted by molar-refractivity contribution is -0.143. The van der Waals surface area contributed by atoms with E-state index in [0.717, 1.165) is 0 Å². The van der Waals surface area contributed by atoms with Crippen molar-refractivity contribution in [3.05, 3.63) is 12.2 Å². The van der Waals surface area contributed by atoms with Crippen molar-refractivity contribution in [1.29, 1.82) is 0 Å². The molecule has 2 rings (SSSR count). The third-order valence-corrected chi connectivity index (χ3v) is 3.62. The van der Waals surface area contributed by atoms with Crippen molar-refractivity contribution in [2.45, 2.75) is 26.2 Å². The Bertz CT molecular complexity index is 389. The lowest BCUT2D eigenvalue weighted by atomic mass is 9.85. The van der Waals surface area contributed by atoms with Crippen molar-refractivity contribution in [2.75, 3.05) is 6.54 Å². The minimum Gasteiger partial charge on any atom is -0.481 e. The maximum Gasteiger partial charge on any atom is 0.303 e. The number of likely N-dealkylation sites (tertiary alicyclic amines) is 1. The molecule has 98 valence electrons. The Morgan fingerprint density at radius 1 is 1.33 bits per heavy atom. The molecule has 1 saturated heterocycles. The molecular weight excluding hydrogens is 234 g/mol. The fraction of sp³-hybridized carbons (Fsp3) is 0.615. The third kappa shape index (κ3) is 2.30. The van der Waals surface area contributed by atoms with Gasteiger partial charge in [-0.15, -0.1) is 0 Å². The van der Waals surface area contributed by atoms with Gasteiger partial charge in [0.15, 0.2) is 0 Å². The van der Waals surface area contributed by atoms with Gasteiger partial charge in [0.05, 0.1) is 11.8 Å². The van der Waals surface area contributed by atoms with E-state index in [0.29, 0.717) is 12.8 Å². The fourth-order valence-electron chi connectivity index (χ4n) is 2.72. The van der Waals surface area contributed by atoms with Crippen LogP contribution in [0, 0.1) is 17.8 Å². The SMILES string of the molecule is CC(CC(=O)O)CN1C(=O)[C@H]2CC=CC[C@H]2C1=O. The number of rotatable bonds is 4.